The molecule has 0 aliphatic heterocycles. The summed E-state index contributed by atoms with van der Waals surface area (Å²) < 4.78 is 19.8. The number of ether oxygens (including phenoxy) is 4. The molecule has 0 fully saturated rings. The van der Waals surface area contributed by atoms with E-state index < -0.39 is 11.8 Å². The van der Waals surface area contributed by atoms with Gasteiger partial charge in [-0.3, -0.25) is 4.79 Å². The molecule has 108 valence electrons. The Kier molecular flexibility index (Phi) is 5.58. The van der Waals surface area contributed by atoms with Gasteiger partial charge < -0.3 is 18.9 Å². The molecule has 0 aliphatic carbocycles. The van der Waals surface area contributed by atoms with Gasteiger partial charge in [-0.25, -0.2) is 4.79 Å². The molecule has 6 nitrogen and oxygen atoms in total. The summed E-state index contributed by atoms with van der Waals surface area (Å²) in [6, 6.07) is 3.11. The van der Waals surface area contributed by atoms with E-state index in [9.17, 15) is 9.59 Å². The van der Waals surface area contributed by atoms with Crippen molar-refractivity contribution in [3.05, 3.63) is 29.8 Å². The Bertz CT molecular complexity index is 507. The van der Waals surface area contributed by atoms with Gasteiger partial charge in [0.1, 0.15) is 22.8 Å². The van der Waals surface area contributed by atoms with Crippen molar-refractivity contribution in [3.63, 3.8) is 0 Å². The maximum Gasteiger partial charge on any atom is 0.330 e. The third kappa shape index (κ3) is 3.50. The maximum absolute atomic E-state index is 12.1. The molecule has 20 heavy (non-hydrogen) atoms. The van der Waals surface area contributed by atoms with E-state index in [0.29, 0.717) is 17.2 Å². The Hall–Kier alpha value is -2.50. The van der Waals surface area contributed by atoms with E-state index in [4.69, 9.17) is 14.2 Å². The first-order chi connectivity index (χ1) is 9.57. The number of carbonyl (C=O) groups excluding carboxylic acids is 2. The molecule has 6 heteroatoms. The van der Waals surface area contributed by atoms with E-state index in [-0.39, 0.29) is 5.56 Å². The van der Waals surface area contributed by atoms with E-state index in [1.165, 1.54) is 28.4 Å². The van der Waals surface area contributed by atoms with Crippen molar-refractivity contribution in [1.29, 1.82) is 0 Å². The quantitative estimate of drug-likeness (QED) is 0.448. The zero-order valence-corrected chi connectivity index (χ0v) is 11.8. The zero-order chi connectivity index (χ0) is 15.1. The number of methoxy groups -OCH3 is 4. The van der Waals surface area contributed by atoms with Crippen LogP contribution in [0.5, 0.6) is 17.2 Å². The number of hydrogen-bond acceptors (Lipinski definition) is 6. The van der Waals surface area contributed by atoms with Gasteiger partial charge in [0, 0.05) is 18.2 Å². The van der Waals surface area contributed by atoms with E-state index >= 15 is 0 Å². The summed E-state index contributed by atoms with van der Waals surface area (Å²) in [4.78, 5) is 23.1. The fraction of sp³-hybridized carbons (Fsp3) is 0.286. The van der Waals surface area contributed by atoms with Crippen LogP contribution in [0.4, 0.5) is 0 Å². The highest BCUT2D eigenvalue weighted by molar-refractivity contribution is 6.10. The zero-order valence-electron chi connectivity index (χ0n) is 11.8. The van der Waals surface area contributed by atoms with E-state index in [0.717, 1.165) is 12.2 Å². The van der Waals surface area contributed by atoms with Crippen molar-refractivity contribution < 1.29 is 28.5 Å². The van der Waals surface area contributed by atoms with Crippen LogP contribution in [-0.2, 0) is 9.53 Å². The minimum atomic E-state index is -0.621. The minimum absolute atomic E-state index is 0.205. The van der Waals surface area contributed by atoms with Crippen LogP contribution in [0.2, 0.25) is 0 Å². The molecule has 1 aromatic carbocycles. The van der Waals surface area contributed by atoms with E-state index in [1.54, 1.807) is 12.1 Å². The van der Waals surface area contributed by atoms with Gasteiger partial charge in [-0.05, 0) is 6.08 Å². The van der Waals surface area contributed by atoms with Gasteiger partial charge in [-0.15, -0.1) is 0 Å². The normalized spacial score (nSPS) is 10.2. The molecule has 0 unspecified atom stereocenters. The number of esters is 1. The number of allylic oxidation sites excluding steroid dienone is 1. The number of rotatable bonds is 6. The molecule has 0 atom stereocenters. The van der Waals surface area contributed by atoms with Crippen molar-refractivity contribution in [2.45, 2.75) is 0 Å². The van der Waals surface area contributed by atoms with Gasteiger partial charge in [0.05, 0.1) is 28.4 Å². The van der Waals surface area contributed by atoms with Crippen LogP contribution < -0.4 is 14.2 Å². The summed E-state index contributed by atoms with van der Waals surface area (Å²) in [6.07, 6.45) is 2.13. The predicted molar refractivity (Wildman–Crippen MR) is 71.6 cm³/mol. The van der Waals surface area contributed by atoms with Crippen molar-refractivity contribution >= 4 is 11.8 Å². The first-order valence-electron chi connectivity index (χ1n) is 5.67. The largest absolute Gasteiger partial charge is 0.496 e. The smallest absolute Gasteiger partial charge is 0.330 e. The fourth-order valence-corrected chi connectivity index (χ4v) is 1.54. The third-order valence-electron chi connectivity index (χ3n) is 2.53. The molecule has 0 aliphatic rings. The van der Waals surface area contributed by atoms with Crippen LogP contribution in [-0.4, -0.2) is 40.2 Å². The lowest BCUT2D eigenvalue weighted by atomic mass is 10.1. The Morgan fingerprint density at radius 3 is 1.85 bits per heavy atom. The van der Waals surface area contributed by atoms with Crippen LogP contribution in [0.25, 0.3) is 0 Å². The maximum atomic E-state index is 12.1. The topological polar surface area (TPSA) is 71.1 Å². The second kappa shape index (κ2) is 7.18. The standard InChI is InChI=1S/C14H16O6/c1-17-9-7-11(18-2)14(12(8-9)19-3)10(15)5-6-13(16)20-4/h5-8H,1-4H3/b6-5+. The molecule has 0 aromatic heterocycles. The highest BCUT2D eigenvalue weighted by Crippen LogP contribution is 2.34. The average Bonchev–Trinajstić information content (AvgIpc) is 2.50. The van der Waals surface area contributed by atoms with Crippen LogP contribution in [0.3, 0.4) is 0 Å². The summed E-state index contributed by atoms with van der Waals surface area (Å²) in [7, 11) is 5.57. The third-order valence-corrected chi connectivity index (χ3v) is 2.53. The Labute approximate surface area is 116 Å². The van der Waals surface area contributed by atoms with Crippen molar-refractivity contribution in [1.82, 2.24) is 0 Å². The second-order valence-corrected chi connectivity index (χ2v) is 3.63. The summed E-state index contributed by atoms with van der Waals surface area (Å²) in [5.74, 6) is 0.0187. The number of hydrogen-bond donors (Lipinski definition) is 0. The molecular weight excluding hydrogens is 264 g/mol. The lowest BCUT2D eigenvalue weighted by Crippen LogP contribution is -2.04. The molecule has 0 amide bonds. The SMILES string of the molecule is COC(=O)/C=C/C(=O)c1c(OC)cc(OC)cc1OC. The van der Waals surface area contributed by atoms with Crippen molar-refractivity contribution in [2.24, 2.45) is 0 Å². The summed E-state index contributed by atoms with van der Waals surface area (Å²) in [5, 5.41) is 0. The molecule has 1 aromatic rings. The fourth-order valence-electron chi connectivity index (χ4n) is 1.54. The van der Waals surface area contributed by atoms with Crippen molar-refractivity contribution in [3.8, 4) is 17.2 Å². The average molecular weight is 280 g/mol. The number of carbonyl (C=O) groups is 2. The van der Waals surface area contributed by atoms with Crippen LogP contribution in [0.1, 0.15) is 10.4 Å². The van der Waals surface area contributed by atoms with Gasteiger partial charge in [-0.1, -0.05) is 0 Å². The van der Waals surface area contributed by atoms with Gasteiger partial charge in [0.15, 0.2) is 5.78 Å². The first-order valence-corrected chi connectivity index (χ1v) is 5.67. The molecular formula is C14H16O6. The molecule has 0 saturated heterocycles. The molecule has 0 heterocycles. The van der Waals surface area contributed by atoms with Crippen LogP contribution in [0.15, 0.2) is 24.3 Å². The van der Waals surface area contributed by atoms with Gasteiger partial charge in [0.2, 0.25) is 0 Å². The molecule has 0 bridgehead atoms. The highest BCUT2D eigenvalue weighted by atomic mass is 16.5. The number of ketones is 1. The van der Waals surface area contributed by atoms with Gasteiger partial charge in [-0.2, -0.15) is 0 Å². The molecule has 0 radical (unpaired) electrons. The lowest BCUT2D eigenvalue weighted by Gasteiger charge is -2.12. The van der Waals surface area contributed by atoms with Gasteiger partial charge in [0.25, 0.3) is 0 Å². The lowest BCUT2D eigenvalue weighted by molar-refractivity contribution is -0.134. The first kappa shape index (κ1) is 15.6. The number of benzene rings is 1. The monoisotopic (exact) mass is 280 g/mol. The molecule has 1 rings (SSSR count). The van der Waals surface area contributed by atoms with Gasteiger partial charge >= 0.3 is 5.97 Å². The van der Waals surface area contributed by atoms with Crippen LogP contribution in [0, 0.1) is 0 Å². The summed E-state index contributed by atoms with van der Waals surface area (Å²) in [6.45, 7) is 0. The Morgan fingerprint density at radius 2 is 1.45 bits per heavy atom. The van der Waals surface area contributed by atoms with Crippen molar-refractivity contribution in [2.75, 3.05) is 28.4 Å². The predicted octanol–water partition coefficient (Wildman–Crippen LogP) is 1.62. The minimum Gasteiger partial charge on any atom is -0.496 e. The second-order valence-electron chi connectivity index (χ2n) is 3.63. The van der Waals surface area contributed by atoms with E-state index in [1.807, 2.05) is 0 Å². The highest BCUT2D eigenvalue weighted by Gasteiger charge is 2.18. The molecule has 0 N–H and O–H groups in total. The summed E-state index contributed by atoms with van der Waals surface area (Å²) in [5.41, 5.74) is 0.205. The molecule has 0 spiro atoms. The molecule has 0 saturated carbocycles. The Morgan fingerprint density at radius 1 is 0.900 bits per heavy atom. The van der Waals surface area contributed by atoms with E-state index in [2.05, 4.69) is 4.74 Å². The Balaban J connectivity index is 3.24. The van der Waals surface area contributed by atoms with Crippen LogP contribution >= 0.6 is 0 Å². The summed E-state index contributed by atoms with van der Waals surface area (Å²) >= 11 is 0.